The molecular formula is C14H21NO5S. The number of methoxy groups -OCH3 is 1. The third-order valence-corrected chi connectivity index (χ3v) is 4.26. The highest BCUT2D eigenvalue weighted by atomic mass is 32.2. The quantitative estimate of drug-likeness (QED) is 0.435. The number of thioether (sulfide) groups is 1. The molecule has 1 fully saturated rings. The van der Waals surface area contributed by atoms with Crippen molar-refractivity contribution in [3.05, 3.63) is 11.3 Å². The molecule has 0 spiro atoms. The molecule has 0 N–H and O–H groups in total. The molecule has 0 aromatic rings. The van der Waals surface area contributed by atoms with Crippen LogP contribution in [0.25, 0.3) is 0 Å². The second kappa shape index (κ2) is 6.98. The van der Waals surface area contributed by atoms with Gasteiger partial charge in [-0.15, -0.1) is 11.8 Å². The number of likely N-dealkylation sites (tertiary alicyclic amines) is 1. The number of hydrogen-bond acceptors (Lipinski definition) is 6. The number of β-lactam (4-membered cyclic amide) rings is 1. The summed E-state index contributed by atoms with van der Waals surface area (Å²) >= 11 is 1.43. The van der Waals surface area contributed by atoms with Crippen molar-refractivity contribution in [2.24, 2.45) is 5.92 Å². The van der Waals surface area contributed by atoms with Crippen LogP contribution in [0.15, 0.2) is 11.3 Å². The molecule has 0 aromatic heterocycles. The summed E-state index contributed by atoms with van der Waals surface area (Å²) in [7, 11) is 1.28. The highest BCUT2D eigenvalue weighted by Crippen LogP contribution is 2.40. The SMILES string of the molecule is COC(=O)C(=C(C)C)N1C(=O)C(C(C)OC(C)=O)C1SC. The summed E-state index contributed by atoms with van der Waals surface area (Å²) < 4.78 is 9.85. The van der Waals surface area contributed by atoms with Crippen LogP contribution in [0.1, 0.15) is 27.7 Å². The highest BCUT2D eigenvalue weighted by Gasteiger charge is 2.53. The van der Waals surface area contributed by atoms with Crippen LogP contribution in [0.2, 0.25) is 0 Å². The largest absolute Gasteiger partial charge is 0.464 e. The van der Waals surface area contributed by atoms with Crippen LogP contribution in [-0.4, -0.2) is 47.6 Å². The molecule has 1 rings (SSSR count). The van der Waals surface area contributed by atoms with Gasteiger partial charge in [0.15, 0.2) is 0 Å². The van der Waals surface area contributed by atoms with Gasteiger partial charge in [-0.3, -0.25) is 14.5 Å². The van der Waals surface area contributed by atoms with Gasteiger partial charge in [0.2, 0.25) is 5.91 Å². The van der Waals surface area contributed by atoms with E-state index in [9.17, 15) is 14.4 Å². The normalized spacial score (nSPS) is 22.2. The lowest BCUT2D eigenvalue weighted by Gasteiger charge is -2.48. The van der Waals surface area contributed by atoms with E-state index >= 15 is 0 Å². The molecular weight excluding hydrogens is 294 g/mol. The predicted molar refractivity (Wildman–Crippen MR) is 79.3 cm³/mol. The number of carbonyl (C=O) groups is 3. The van der Waals surface area contributed by atoms with Crippen molar-refractivity contribution in [1.82, 2.24) is 4.90 Å². The van der Waals surface area contributed by atoms with E-state index in [-0.39, 0.29) is 17.0 Å². The molecule has 1 heterocycles. The number of ether oxygens (including phenoxy) is 2. The second-order valence-corrected chi connectivity index (χ2v) is 5.97. The van der Waals surface area contributed by atoms with Crippen molar-refractivity contribution in [2.45, 2.75) is 39.2 Å². The maximum atomic E-state index is 12.4. The summed E-state index contributed by atoms with van der Waals surface area (Å²) in [6.07, 6.45) is 1.32. The lowest BCUT2D eigenvalue weighted by Crippen LogP contribution is -2.63. The lowest BCUT2D eigenvalue weighted by molar-refractivity contribution is -0.166. The zero-order valence-corrected chi connectivity index (χ0v) is 13.9. The fraction of sp³-hybridized carbons (Fsp3) is 0.643. The van der Waals surface area contributed by atoms with E-state index in [4.69, 9.17) is 9.47 Å². The van der Waals surface area contributed by atoms with Gasteiger partial charge in [0, 0.05) is 6.92 Å². The van der Waals surface area contributed by atoms with Crippen molar-refractivity contribution in [3.8, 4) is 0 Å². The predicted octanol–water partition coefficient (Wildman–Crippen LogP) is 1.55. The average Bonchev–Trinajstić information content (AvgIpc) is 2.38. The Morgan fingerprint density at radius 1 is 1.29 bits per heavy atom. The van der Waals surface area contributed by atoms with Crippen LogP contribution < -0.4 is 0 Å². The minimum Gasteiger partial charge on any atom is -0.464 e. The summed E-state index contributed by atoms with van der Waals surface area (Å²) in [4.78, 5) is 36.7. The van der Waals surface area contributed by atoms with Gasteiger partial charge >= 0.3 is 11.9 Å². The van der Waals surface area contributed by atoms with Gasteiger partial charge in [-0.2, -0.15) is 0 Å². The Morgan fingerprint density at radius 2 is 1.86 bits per heavy atom. The van der Waals surface area contributed by atoms with Crippen molar-refractivity contribution < 1.29 is 23.9 Å². The standard InChI is InChI=1S/C14H21NO5S/c1-7(2)11(14(18)19-5)15-12(17)10(13(15)21-6)8(3)20-9(4)16/h8,10,13H,1-6H3. The van der Waals surface area contributed by atoms with Gasteiger partial charge in [-0.1, -0.05) is 0 Å². The maximum Gasteiger partial charge on any atom is 0.354 e. The first-order valence-electron chi connectivity index (χ1n) is 6.55. The molecule has 6 nitrogen and oxygen atoms in total. The topological polar surface area (TPSA) is 72.9 Å². The Balaban J connectivity index is 3.03. The molecule has 0 bridgehead atoms. The number of allylic oxidation sites excluding steroid dienone is 1. The Labute approximate surface area is 128 Å². The van der Waals surface area contributed by atoms with E-state index in [1.54, 1.807) is 20.8 Å². The van der Waals surface area contributed by atoms with E-state index in [1.807, 2.05) is 6.26 Å². The summed E-state index contributed by atoms with van der Waals surface area (Å²) in [5, 5.41) is -0.254. The van der Waals surface area contributed by atoms with Gasteiger partial charge < -0.3 is 9.47 Å². The Hall–Kier alpha value is -1.50. The Kier molecular flexibility index (Phi) is 5.83. The number of nitrogens with zero attached hydrogens (tertiary/aromatic N) is 1. The fourth-order valence-corrected chi connectivity index (χ4v) is 3.43. The monoisotopic (exact) mass is 315 g/mol. The van der Waals surface area contributed by atoms with E-state index in [1.165, 1.54) is 30.7 Å². The molecule has 1 amide bonds. The van der Waals surface area contributed by atoms with Gasteiger partial charge in [-0.25, -0.2) is 4.79 Å². The van der Waals surface area contributed by atoms with Crippen LogP contribution in [-0.2, 0) is 23.9 Å². The first-order valence-corrected chi connectivity index (χ1v) is 7.83. The molecule has 3 atom stereocenters. The zero-order valence-electron chi connectivity index (χ0n) is 13.1. The van der Waals surface area contributed by atoms with E-state index < -0.39 is 24.0 Å². The third kappa shape index (κ3) is 3.40. The summed E-state index contributed by atoms with van der Waals surface area (Å²) in [5.41, 5.74) is 0.959. The molecule has 0 aromatic carbocycles. The fourth-order valence-electron chi connectivity index (χ4n) is 2.38. The molecule has 3 unspecified atom stereocenters. The van der Waals surface area contributed by atoms with Crippen LogP contribution in [0, 0.1) is 5.92 Å². The van der Waals surface area contributed by atoms with Gasteiger partial charge in [-0.05, 0) is 32.6 Å². The summed E-state index contributed by atoms with van der Waals surface area (Å²) in [6, 6.07) is 0. The molecule has 21 heavy (non-hydrogen) atoms. The molecule has 1 saturated heterocycles. The highest BCUT2D eigenvalue weighted by molar-refractivity contribution is 7.99. The molecule has 1 aliphatic heterocycles. The van der Waals surface area contributed by atoms with Gasteiger partial charge in [0.1, 0.15) is 17.7 Å². The van der Waals surface area contributed by atoms with Crippen LogP contribution >= 0.6 is 11.8 Å². The van der Waals surface area contributed by atoms with Crippen molar-refractivity contribution in [1.29, 1.82) is 0 Å². The molecule has 1 aliphatic rings. The van der Waals surface area contributed by atoms with E-state index in [0.717, 1.165) is 0 Å². The Bertz CT molecular complexity index is 484. The van der Waals surface area contributed by atoms with Crippen molar-refractivity contribution >= 4 is 29.6 Å². The third-order valence-electron chi connectivity index (χ3n) is 3.28. The molecule has 118 valence electrons. The average molecular weight is 315 g/mol. The molecule has 0 saturated carbocycles. The van der Waals surface area contributed by atoms with Gasteiger partial charge in [0.05, 0.1) is 12.5 Å². The summed E-state index contributed by atoms with van der Waals surface area (Å²) in [5.74, 6) is -1.65. The first kappa shape index (κ1) is 17.6. The minimum absolute atomic E-state index is 0.232. The first-order chi connectivity index (χ1) is 9.76. The van der Waals surface area contributed by atoms with Crippen LogP contribution in [0.4, 0.5) is 0 Å². The molecule has 0 radical (unpaired) electrons. The van der Waals surface area contributed by atoms with Gasteiger partial charge in [0.25, 0.3) is 0 Å². The second-order valence-electron chi connectivity index (χ2n) is 5.02. The van der Waals surface area contributed by atoms with E-state index in [2.05, 4.69) is 0 Å². The Morgan fingerprint density at radius 3 is 2.24 bits per heavy atom. The van der Waals surface area contributed by atoms with Crippen LogP contribution in [0.3, 0.4) is 0 Å². The molecule has 7 heteroatoms. The number of rotatable bonds is 5. The molecule has 0 aliphatic carbocycles. The number of esters is 2. The number of carbonyl (C=O) groups excluding carboxylic acids is 3. The summed E-state index contributed by atoms with van der Waals surface area (Å²) in [6.45, 7) is 6.49. The van der Waals surface area contributed by atoms with Crippen LogP contribution in [0.5, 0.6) is 0 Å². The zero-order chi connectivity index (χ0) is 16.3. The van der Waals surface area contributed by atoms with E-state index in [0.29, 0.717) is 5.57 Å². The van der Waals surface area contributed by atoms with Crippen molar-refractivity contribution in [2.75, 3.05) is 13.4 Å². The minimum atomic E-state index is -0.541. The van der Waals surface area contributed by atoms with Crippen molar-refractivity contribution in [3.63, 3.8) is 0 Å². The number of amides is 1. The number of hydrogen-bond donors (Lipinski definition) is 0. The maximum absolute atomic E-state index is 12.4. The smallest absolute Gasteiger partial charge is 0.354 e. The lowest BCUT2D eigenvalue weighted by atomic mass is 9.91.